The van der Waals surface area contributed by atoms with Crippen LogP contribution in [0.2, 0.25) is 0 Å². The van der Waals surface area contributed by atoms with Crippen LogP contribution in [-0.2, 0) is 18.3 Å². The first kappa shape index (κ1) is 14.3. The van der Waals surface area contributed by atoms with Gasteiger partial charge in [0.05, 0.1) is 12.4 Å². The summed E-state index contributed by atoms with van der Waals surface area (Å²) >= 11 is 0. The summed E-state index contributed by atoms with van der Waals surface area (Å²) < 4.78 is 1.63. The summed E-state index contributed by atoms with van der Waals surface area (Å²) in [6.45, 7) is 2.58. The number of nitrogens with two attached hydrogens (primary N) is 1. The molecule has 2 rings (SSSR count). The Morgan fingerprint density at radius 2 is 2.35 bits per heavy atom. The van der Waals surface area contributed by atoms with E-state index in [1.807, 2.05) is 13.1 Å². The largest absolute Gasteiger partial charge is 0.354 e. The molecule has 4 N–H and O–H groups in total. The molecule has 2 aromatic heterocycles. The lowest BCUT2D eigenvalue weighted by Crippen LogP contribution is -2.34. The number of aryl methyl sites for hydroxylation is 3. The Hall–Kier alpha value is -2.15. The van der Waals surface area contributed by atoms with E-state index in [9.17, 15) is 4.79 Å². The van der Waals surface area contributed by atoms with Crippen LogP contribution >= 0.6 is 0 Å². The van der Waals surface area contributed by atoms with Gasteiger partial charge in [-0.2, -0.15) is 10.2 Å². The first-order chi connectivity index (χ1) is 9.58. The predicted octanol–water partition coefficient (Wildman–Crippen LogP) is 0.200. The zero-order valence-electron chi connectivity index (χ0n) is 11.8. The number of rotatable bonds is 6. The van der Waals surface area contributed by atoms with E-state index in [1.54, 1.807) is 24.1 Å². The Morgan fingerprint density at radius 1 is 1.55 bits per heavy atom. The lowest BCUT2D eigenvalue weighted by molar-refractivity contribution is -0.122. The van der Waals surface area contributed by atoms with Gasteiger partial charge in [0.25, 0.3) is 0 Å². The molecular formula is C13H20N6O. The highest BCUT2D eigenvalue weighted by Crippen LogP contribution is 2.09. The minimum atomic E-state index is -0.667. The average Bonchev–Trinajstić information content (AvgIpc) is 3.03. The molecular weight excluding hydrogens is 256 g/mol. The Kier molecular flexibility index (Phi) is 4.52. The topological polar surface area (TPSA) is 102 Å². The van der Waals surface area contributed by atoms with Gasteiger partial charge in [0.2, 0.25) is 5.91 Å². The third-order valence-electron chi connectivity index (χ3n) is 3.22. The van der Waals surface area contributed by atoms with Crippen LogP contribution in [0.3, 0.4) is 0 Å². The van der Waals surface area contributed by atoms with Crippen molar-refractivity contribution in [1.82, 2.24) is 25.3 Å². The van der Waals surface area contributed by atoms with Crippen LogP contribution in [0.1, 0.15) is 29.3 Å². The molecule has 1 amide bonds. The number of nitrogens with zero attached hydrogens (tertiary/aromatic N) is 3. The molecule has 0 aliphatic rings. The van der Waals surface area contributed by atoms with Crippen LogP contribution in [0.25, 0.3) is 0 Å². The van der Waals surface area contributed by atoms with E-state index in [-0.39, 0.29) is 5.91 Å². The van der Waals surface area contributed by atoms with Gasteiger partial charge in [-0.3, -0.25) is 14.6 Å². The average molecular weight is 276 g/mol. The van der Waals surface area contributed by atoms with Crippen molar-refractivity contribution in [3.63, 3.8) is 0 Å². The fourth-order valence-electron chi connectivity index (χ4n) is 1.98. The number of hydrogen-bond acceptors (Lipinski definition) is 4. The number of aromatic nitrogens is 4. The number of carbonyl (C=O) groups is 1. The Bertz CT molecular complexity index is 573. The fraction of sp³-hybridized carbons (Fsp3) is 0.462. The highest BCUT2D eigenvalue weighted by Gasteiger charge is 2.16. The minimum absolute atomic E-state index is 0.179. The third kappa shape index (κ3) is 3.45. The van der Waals surface area contributed by atoms with E-state index < -0.39 is 6.04 Å². The zero-order chi connectivity index (χ0) is 14.5. The van der Waals surface area contributed by atoms with E-state index in [1.165, 1.54) is 5.56 Å². The lowest BCUT2D eigenvalue weighted by atomic mass is 10.1. The van der Waals surface area contributed by atoms with Crippen LogP contribution in [0.5, 0.6) is 0 Å². The van der Waals surface area contributed by atoms with Gasteiger partial charge in [-0.15, -0.1) is 0 Å². The van der Waals surface area contributed by atoms with E-state index in [2.05, 4.69) is 20.6 Å². The molecule has 108 valence electrons. The number of aromatic amines is 1. The van der Waals surface area contributed by atoms with Crippen molar-refractivity contribution in [1.29, 1.82) is 0 Å². The van der Waals surface area contributed by atoms with Crippen LogP contribution in [0.4, 0.5) is 0 Å². The minimum Gasteiger partial charge on any atom is -0.354 e. The molecule has 7 heteroatoms. The van der Waals surface area contributed by atoms with Crippen molar-refractivity contribution in [2.75, 3.05) is 6.54 Å². The predicted molar refractivity (Wildman–Crippen MR) is 74.8 cm³/mol. The van der Waals surface area contributed by atoms with Gasteiger partial charge in [-0.1, -0.05) is 0 Å². The maximum atomic E-state index is 11.9. The summed E-state index contributed by atoms with van der Waals surface area (Å²) in [6.07, 6.45) is 6.91. The van der Waals surface area contributed by atoms with Crippen molar-refractivity contribution >= 4 is 5.91 Å². The van der Waals surface area contributed by atoms with Crippen LogP contribution in [0.15, 0.2) is 18.6 Å². The summed E-state index contributed by atoms with van der Waals surface area (Å²) in [4.78, 5) is 11.9. The fourth-order valence-corrected chi connectivity index (χ4v) is 1.98. The molecule has 0 radical (unpaired) electrons. The molecule has 0 fully saturated rings. The molecule has 20 heavy (non-hydrogen) atoms. The maximum absolute atomic E-state index is 11.9. The molecule has 2 heterocycles. The molecule has 0 saturated heterocycles. The third-order valence-corrected chi connectivity index (χ3v) is 3.22. The summed E-state index contributed by atoms with van der Waals surface area (Å²) in [5.74, 6) is -0.179. The maximum Gasteiger partial charge on any atom is 0.241 e. The SMILES string of the molecule is Cc1[nH]ncc1CCCNC(=O)C(N)c1cnn(C)c1. The monoisotopic (exact) mass is 276 g/mol. The Balaban J connectivity index is 1.74. The van der Waals surface area contributed by atoms with Gasteiger partial charge in [0.15, 0.2) is 0 Å². The summed E-state index contributed by atoms with van der Waals surface area (Å²) in [7, 11) is 1.79. The van der Waals surface area contributed by atoms with Crippen molar-refractivity contribution in [3.8, 4) is 0 Å². The van der Waals surface area contributed by atoms with Crippen molar-refractivity contribution < 1.29 is 4.79 Å². The number of nitrogens with one attached hydrogen (secondary N) is 2. The van der Waals surface area contributed by atoms with Crippen molar-refractivity contribution in [3.05, 3.63) is 35.4 Å². The number of H-pyrrole nitrogens is 1. The molecule has 7 nitrogen and oxygen atoms in total. The molecule has 0 spiro atoms. The van der Waals surface area contributed by atoms with Crippen molar-refractivity contribution in [2.45, 2.75) is 25.8 Å². The second-order valence-corrected chi connectivity index (χ2v) is 4.84. The van der Waals surface area contributed by atoms with Gasteiger partial charge in [-0.25, -0.2) is 0 Å². The molecule has 2 aromatic rings. The molecule has 0 saturated carbocycles. The van der Waals surface area contributed by atoms with Gasteiger partial charge in [0.1, 0.15) is 6.04 Å². The molecule has 1 unspecified atom stereocenters. The van der Waals surface area contributed by atoms with E-state index in [0.717, 1.165) is 24.1 Å². The van der Waals surface area contributed by atoms with Gasteiger partial charge in [0, 0.05) is 31.0 Å². The first-order valence-electron chi connectivity index (χ1n) is 6.58. The van der Waals surface area contributed by atoms with Crippen LogP contribution < -0.4 is 11.1 Å². The highest BCUT2D eigenvalue weighted by atomic mass is 16.2. The molecule has 0 aliphatic carbocycles. The second-order valence-electron chi connectivity index (χ2n) is 4.84. The quantitative estimate of drug-likeness (QED) is 0.656. The van der Waals surface area contributed by atoms with Gasteiger partial charge >= 0.3 is 0 Å². The second kappa shape index (κ2) is 6.33. The summed E-state index contributed by atoms with van der Waals surface area (Å²) in [5.41, 5.74) is 8.84. The molecule has 0 aromatic carbocycles. The van der Waals surface area contributed by atoms with Crippen molar-refractivity contribution in [2.24, 2.45) is 12.8 Å². The summed E-state index contributed by atoms with van der Waals surface area (Å²) in [5, 5.41) is 13.7. The van der Waals surface area contributed by atoms with Gasteiger partial charge < -0.3 is 11.1 Å². The van der Waals surface area contributed by atoms with E-state index >= 15 is 0 Å². The van der Waals surface area contributed by atoms with E-state index in [0.29, 0.717) is 6.54 Å². The Morgan fingerprint density at radius 3 is 2.95 bits per heavy atom. The normalized spacial score (nSPS) is 12.3. The van der Waals surface area contributed by atoms with Gasteiger partial charge in [-0.05, 0) is 25.3 Å². The molecule has 1 atom stereocenters. The number of hydrogen-bond donors (Lipinski definition) is 3. The molecule has 0 aliphatic heterocycles. The van der Waals surface area contributed by atoms with E-state index in [4.69, 9.17) is 5.73 Å². The molecule has 0 bridgehead atoms. The highest BCUT2D eigenvalue weighted by molar-refractivity contribution is 5.82. The van der Waals surface area contributed by atoms with Crippen LogP contribution in [0, 0.1) is 6.92 Å². The number of carbonyl (C=O) groups excluding carboxylic acids is 1. The lowest BCUT2D eigenvalue weighted by Gasteiger charge is -2.10. The zero-order valence-corrected chi connectivity index (χ0v) is 11.8. The first-order valence-corrected chi connectivity index (χ1v) is 6.58. The Labute approximate surface area is 117 Å². The number of amides is 1. The smallest absolute Gasteiger partial charge is 0.241 e. The summed E-state index contributed by atoms with van der Waals surface area (Å²) in [6, 6.07) is -0.667. The van der Waals surface area contributed by atoms with Crippen LogP contribution in [-0.4, -0.2) is 32.4 Å². The standard InChI is InChI=1S/C13H20N6O/c1-9-10(6-16-18-9)4-3-5-15-13(20)12(14)11-7-17-19(2)8-11/h6-8,12H,3-5,14H2,1-2H3,(H,15,20)(H,16,18).